The van der Waals surface area contributed by atoms with Gasteiger partial charge in [0.2, 0.25) is 0 Å². The van der Waals surface area contributed by atoms with Crippen LogP contribution in [0.1, 0.15) is 10.4 Å². The molecule has 0 radical (unpaired) electrons. The van der Waals surface area contributed by atoms with E-state index in [1.165, 1.54) is 0 Å². The third-order valence-corrected chi connectivity index (χ3v) is 5.56. The van der Waals surface area contributed by atoms with Gasteiger partial charge < -0.3 is 9.47 Å². The van der Waals surface area contributed by atoms with E-state index in [0.717, 1.165) is 27.5 Å². The summed E-state index contributed by atoms with van der Waals surface area (Å²) in [5.41, 5.74) is 3.69. The molecule has 4 aromatic rings. The SMILES string of the molecule is CN(C)/C=C/C(=O)c1ccc2c(c1)c1cc(-c3ccc(Cl)cc3)c(=O)n(C)c1n2C. The topological polar surface area (TPSA) is 47.2 Å². The van der Waals surface area contributed by atoms with Gasteiger partial charge in [-0.15, -0.1) is 0 Å². The van der Waals surface area contributed by atoms with Gasteiger partial charge in [0.25, 0.3) is 5.56 Å². The van der Waals surface area contributed by atoms with Crippen LogP contribution in [-0.2, 0) is 14.1 Å². The Labute approximate surface area is 179 Å². The molecule has 152 valence electrons. The molecule has 6 heteroatoms. The maximum absolute atomic E-state index is 13.1. The van der Waals surface area contributed by atoms with E-state index in [1.807, 2.05) is 67.0 Å². The van der Waals surface area contributed by atoms with Crippen LogP contribution >= 0.6 is 11.6 Å². The molecule has 0 unspecified atom stereocenters. The quantitative estimate of drug-likeness (QED) is 0.358. The largest absolute Gasteiger partial charge is 0.383 e. The van der Waals surface area contributed by atoms with E-state index in [1.54, 1.807) is 36.0 Å². The van der Waals surface area contributed by atoms with Crippen molar-refractivity contribution in [1.82, 2.24) is 14.0 Å². The van der Waals surface area contributed by atoms with Gasteiger partial charge in [-0.2, -0.15) is 0 Å². The van der Waals surface area contributed by atoms with Gasteiger partial charge in [0.05, 0.1) is 5.52 Å². The molecule has 2 heterocycles. The van der Waals surface area contributed by atoms with Gasteiger partial charge in [0.15, 0.2) is 5.78 Å². The fourth-order valence-electron chi connectivity index (χ4n) is 3.79. The molecule has 0 N–H and O–H groups in total. The predicted molar refractivity (Wildman–Crippen MR) is 123 cm³/mol. The number of hydrogen-bond donors (Lipinski definition) is 0. The Morgan fingerprint density at radius 1 is 0.967 bits per heavy atom. The maximum atomic E-state index is 13.1. The van der Waals surface area contributed by atoms with Crippen LogP contribution in [0.15, 0.2) is 65.6 Å². The molecule has 4 rings (SSSR count). The number of allylic oxidation sites excluding steroid dienone is 1. The first-order valence-electron chi connectivity index (χ1n) is 9.55. The van der Waals surface area contributed by atoms with Crippen molar-refractivity contribution in [3.63, 3.8) is 0 Å². The highest BCUT2D eigenvalue weighted by Gasteiger charge is 2.17. The lowest BCUT2D eigenvalue weighted by molar-refractivity contribution is 0.104. The van der Waals surface area contributed by atoms with Crippen molar-refractivity contribution in [1.29, 1.82) is 0 Å². The number of carbonyl (C=O) groups excluding carboxylic acids is 1. The summed E-state index contributed by atoms with van der Waals surface area (Å²) in [6.45, 7) is 0. The molecule has 0 saturated heterocycles. The Morgan fingerprint density at radius 3 is 2.33 bits per heavy atom. The number of carbonyl (C=O) groups is 1. The van der Waals surface area contributed by atoms with Crippen molar-refractivity contribution in [2.75, 3.05) is 14.1 Å². The number of halogens is 1. The minimum absolute atomic E-state index is 0.0645. The van der Waals surface area contributed by atoms with Crippen LogP contribution in [-0.4, -0.2) is 33.9 Å². The molecule has 30 heavy (non-hydrogen) atoms. The number of pyridine rings is 1. The average Bonchev–Trinajstić information content (AvgIpc) is 3.01. The molecule has 2 aromatic carbocycles. The van der Waals surface area contributed by atoms with Gasteiger partial charge in [-0.3, -0.25) is 14.2 Å². The molecule has 0 amide bonds. The Bertz CT molecular complexity index is 1380. The number of benzene rings is 2. The first kappa shape index (κ1) is 20.0. The lowest BCUT2D eigenvalue weighted by atomic mass is 10.0. The van der Waals surface area contributed by atoms with Gasteiger partial charge in [0, 0.05) is 67.4 Å². The van der Waals surface area contributed by atoms with Crippen LogP contribution in [0, 0.1) is 0 Å². The summed E-state index contributed by atoms with van der Waals surface area (Å²) in [5.74, 6) is -0.0645. The first-order chi connectivity index (χ1) is 14.3. The van der Waals surface area contributed by atoms with Crippen molar-refractivity contribution in [3.8, 4) is 11.1 Å². The van der Waals surface area contributed by atoms with Crippen LogP contribution in [0.3, 0.4) is 0 Å². The summed E-state index contributed by atoms with van der Waals surface area (Å²) in [4.78, 5) is 27.5. The van der Waals surface area contributed by atoms with E-state index in [2.05, 4.69) is 0 Å². The summed E-state index contributed by atoms with van der Waals surface area (Å²) in [6, 6.07) is 14.8. The second-order valence-corrected chi connectivity index (χ2v) is 8.04. The third kappa shape index (κ3) is 3.31. The number of fused-ring (bicyclic) bond motifs is 3. The van der Waals surface area contributed by atoms with E-state index >= 15 is 0 Å². The smallest absolute Gasteiger partial charge is 0.259 e. The van der Waals surface area contributed by atoms with Crippen molar-refractivity contribution < 1.29 is 4.79 Å². The van der Waals surface area contributed by atoms with E-state index < -0.39 is 0 Å². The highest BCUT2D eigenvalue weighted by atomic mass is 35.5. The van der Waals surface area contributed by atoms with E-state index in [4.69, 9.17) is 11.6 Å². The molecule has 0 atom stereocenters. The molecule has 0 spiro atoms. The van der Waals surface area contributed by atoms with Gasteiger partial charge in [-0.05, 0) is 42.0 Å². The third-order valence-electron chi connectivity index (χ3n) is 5.31. The van der Waals surface area contributed by atoms with Crippen molar-refractivity contribution >= 4 is 39.3 Å². The average molecular weight is 420 g/mol. The van der Waals surface area contributed by atoms with Crippen LogP contribution in [0.2, 0.25) is 5.02 Å². The van der Waals surface area contributed by atoms with Gasteiger partial charge in [-0.25, -0.2) is 0 Å². The van der Waals surface area contributed by atoms with E-state index in [9.17, 15) is 9.59 Å². The second kappa shape index (κ2) is 7.50. The summed E-state index contributed by atoms with van der Waals surface area (Å²) >= 11 is 6.01. The van der Waals surface area contributed by atoms with Gasteiger partial charge >= 0.3 is 0 Å². The normalized spacial score (nSPS) is 11.6. The number of nitrogens with zero attached hydrogens (tertiary/aromatic N) is 3. The Morgan fingerprint density at radius 2 is 1.67 bits per heavy atom. The number of aromatic nitrogens is 2. The molecule has 0 aliphatic heterocycles. The number of hydrogen-bond acceptors (Lipinski definition) is 3. The summed E-state index contributed by atoms with van der Waals surface area (Å²) in [7, 11) is 7.45. The minimum atomic E-state index is -0.0825. The molecule has 0 aliphatic rings. The predicted octanol–water partition coefficient (Wildman–Crippen LogP) is 4.61. The fourth-order valence-corrected chi connectivity index (χ4v) is 3.92. The lowest BCUT2D eigenvalue weighted by Crippen LogP contribution is -2.20. The lowest BCUT2D eigenvalue weighted by Gasteiger charge is -2.08. The zero-order valence-corrected chi connectivity index (χ0v) is 18.1. The van der Waals surface area contributed by atoms with Crippen LogP contribution in [0.5, 0.6) is 0 Å². The zero-order chi connectivity index (χ0) is 21.6. The van der Waals surface area contributed by atoms with Crippen LogP contribution < -0.4 is 5.56 Å². The highest BCUT2D eigenvalue weighted by molar-refractivity contribution is 6.30. The molecule has 2 aromatic heterocycles. The summed E-state index contributed by atoms with van der Waals surface area (Å²) < 4.78 is 3.65. The monoisotopic (exact) mass is 419 g/mol. The van der Waals surface area contributed by atoms with Gasteiger partial charge in [-0.1, -0.05) is 23.7 Å². The minimum Gasteiger partial charge on any atom is -0.383 e. The van der Waals surface area contributed by atoms with Crippen molar-refractivity contribution in [2.24, 2.45) is 14.1 Å². The molecule has 5 nitrogen and oxygen atoms in total. The molecule has 0 saturated carbocycles. The number of rotatable bonds is 4. The molecule has 0 fully saturated rings. The Hall–Kier alpha value is -3.31. The van der Waals surface area contributed by atoms with Crippen LogP contribution in [0.4, 0.5) is 0 Å². The van der Waals surface area contributed by atoms with Crippen molar-refractivity contribution in [2.45, 2.75) is 0 Å². The highest BCUT2D eigenvalue weighted by Crippen LogP contribution is 2.31. The van der Waals surface area contributed by atoms with Gasteiger partial charge in [0.1, 0.15) is 5.65 Å². The standard InChI is InChI=1S/C24H22ClN3O2/c1-26(2)12-11-22(29)16-7-10-21-19(13-16)20-14-18(15-5-8-17(25)9-6-15)24(30)28(4)23(20)27(21)3/h5-14H,1-4H3/b12-11+. The molecular formula is C24H22ClN3O2. The second-order valence-electron chi connectivity index (χ2n) is 7.60. The molecule has 0 aliphatic carbocycles. The van der Waals surface area contributed by atoms with Crippen molar-refractivity contribution in [3.05, 3.63) is 81.7 Å². The first-order valence-corrected chi connectivity index (χ1v) is 9.93. The van der Waals surface area contributed by atoms with Crippen LogP contribution in [0.25, 0.3) is 33.1 Å². The number of aryl methyl sites for hydroxylation is 2. The Balaban J connectivity index is 1.98. The summed E-state index contributed by atoms with van der Waals surface area (Å²) in [5, 5.41) is 2.48. The van der Waals surface area contributed by atoms with E-state index in [0.29, 0.717) is 16.1 Å². The Kier molecular flexibility index (Phi) is 5.00. The molecule has 0 bridgehead atoms. The zero-order valence-electron chi connectivity index (χ0n) is 17.3. The summed E-state index contributed by atoms with van der Waals surface area (Å²) in [6.07, 6.45) is 3.29. The fraction of sp³-hybridized carbons (Fsp3) is 0.167. The van der Waals surface area contributed by atoms with E-state index in [-0.39, 0.29) is 11.3 Å². The molecular weight excluding hydrogens is 398 g/mol. The number of ketones is 1. The maximum Gasteiger partial charge on any atom is 0.259 e.